The van der Waals surface area contributed by atoms with Crippen molar-refractivity contribution in [2.75, 3.05) is 0 Å². The average molecular weight is 283 g/mol. The van der Waals surface area contributed by atoms with Crippen molar-refractivity contribution in [3.63, 3.8) is 0 Å². The second-order valence-corrected chi connectivity index (χ2v) is 8.51. The van der Waals surface area contributed by atoms with Crippen LogP contribution in [0.15, 0.2) is 0 Å². The van der Waals surface area contributed by atoms with Gasteiger partial charge in [0.15, 0.2) is 0 Å². The SMILES string of the molecule is CCCCCC(CC)C1CC2(S)CC1C(C)CC2C. The summed E-state index contributed by atoms with van der Waals surface area (Å²) in [5, 5.41) is 0. The minimum atomic E-state index is 0.375. The summed E-state index contributed by atoms with van der Waals surface area (Å²) in [7, 11) is 0. The predicted octanol–water partition coefficient (Wildman–Crippen LogP) is 5.96. The summed E-state index contributed by atoms with van der Waals surface area (Å²) in [4.78, 5) is 0. The van der Waals surface area contributed by atoms with E-state index >= 15 is 0 Å². The molecule has 112 valence electrons. The van der Waals surface area contributed by atoms with E-state index in [1.807, 2.05) is 0 Å². The van der Waals surface area contributed by atoms with E-state index in [0.29, 0.717) is 4.75 Å². The number of rotatable bonds is 6. The Labute approximate surface area is 126 Å². The van der Waals surface area contributed by atoms with Crippen LogP contribution in [0.4, 0.5) is 0 Å². The van der Waals surface area contributed by atoms with E-state index in [2.05, 4.69) is 27.7 Å². The summed E-state index contributed by atoms with van der Waals surface area (Å²) in [5.41, 5.74) is 0. The second-order valence-electron chi connectivity index (χ2n) is 7.62. The molecule has 2 rings (SSSR count). The summed E-state index contributed by atoms with van der Waals surface area (Å²) >= 11 is 5.13. The molecule has 0 saturated heterocycles. The van der Waals surface area contributed by atoms with E-state index in [4.69, 9.17) is 12.6 Å². The quantitative estimate of drug-likeness (QED) is 0.451. The molecule has 6 unspecified atom stereocenters. The fourth-order valence-electron chi connectivity index (χ4n) is 5.07. The first kappa shape index (κ1) is 15.7. The Bertz CT molecular complexity index is 287. The van der Waals surface area contributed by atoms with Gasteiger partial charge in [0.1, 0.15) is 0 Å². The van der Waals surface area contributed by atoms with Gasteiger partial charge in [-0.25, -0.2) is 0 Å². The Balaban J connectivity index is 2.03. The van der Waals surface area contributed by atoms with Crippen LogP contribution in [0.5, 0.6) is 0 Å². The van der Waals surface area contributed by atoms with Crippen molar-refractivity contribution in [3.05, 3.63) is 0 Å². The van der Waals surface area contributed by atoms with Gasteiger partial charge in [0, 0.05) is 4.75 Å². The summed E-state index contributed by atoms with van der Waals surface area (Å²) in [6.07, 6.45) is 11.3. The van der Waals surface area contributed by atoms with Crippen LogP contribution >= 0.6 is 12.6 Å². The molecular formula is C18H34S. The van der Waals surface area contributed by atoms with E-state index < -0.39 is 0 Å². The van der Waals surface area contributed by atoms with Crippen LogP contribution in [0.3, 0.4) is 0 Å². The summed E-state index contributed by atoms with van der Waals surface area (Å²) in [6, 6.07) is 0. The zero-order chi connectivity index (χ0) is 14.0. The van der Waals surface area contributed by atoms with E-state index in [0.717, 1.165) is 29.6 Å². The first-order valence-corrected chi connectivity index (χ1v) is 9.19. The smallest absolute Gasteiger partial charge is 0.0161 e. The van der Waals surface area contributed by atoms with Crippen LogP contribution in [-0.4, -0.2) is 4.75 Å². The summed E-state index contributed by atoms with van der Waals surface area (Å²) in [6.45, 7) is 9.68. The fourth-order valence-corrected chi connectivity index (χ4v) is 5.60. The Morgan fingerprint density at radius 3 is 2.53 bits per heavy atom. The normalized spacial score (nSPS) is 43.4. The van der Waals surface area contributed by atoms with Crippen molar-refractivity contribution < 1.29 is 0 Å². The third-order valence-electron chi connectivity index (χ3n) is 6.41. The molecule has 0 aliphatic heterocycles. The Hall–Kier alpha value is 0.350. The fraction of sp³-hybridized carbons (Fsp3) is 1.00. The lowest BCUT2D eigenvalue weighted by atomic mass is 9.71. The Morgan fingerprint density at radius 1 is 1.16 bits per heavy atom. The molecule has 19 heavy (non-hydrogen) atoms. The molecule has 2 bridgehead atoms. The first-order valence-electron chi connectivity index (χ1n) is 8.74. The maximum Gasteiger partial charge on any atom is 0.0161 e. The van der Waals surface area contributed by atoms with E-state index in [1.54, 1.807) is 0 Å². The third kappa shape index (κ3) is 3.17. The molecule has 0 nitrogen and oxygen atoms in total. The minimum Gasteiger partial charge on any atom is -0.172 e. The molecule has 0 amide bonds. The lowest BCUT2D eigenvalue weighted by Gasteiger charge is -2.39. The molecule has 0 aromatic rings. The van der Waals surface area contributed by atoms with Gasteiger partial charge in [-0.15, -0.1) is 0 Å². The average Bonchev–Trinajstić information content (AvgIpc) is 2.70. The highest BCUT2D eigenvalue weighted by Crippen LogP contribution is 2.59. The van der Waals surface area contributed by atoms with Crippen LogP contribution in [0.2, 0.25) is 0 Å². The lowest BCUT2D eigenvalue weighted by Crippen LogP contribution is -2.34. The standard InChI is InChI=1S/C18H34S/c1-5-7-8-9-15(6-2)17-12-18(19)11-16(17)13(3)10-14(18)4/h13-17,19H,5-12H2,1-4H3. The zero-order valence-corrected chi connectivity index (χ0v) is 14.4. The van der Waals surface area contributed by atoms with Crippen LogP contribution in [0.1, 0.15) is 79.1 Å². The van der Waals surface area contributed by atoms with E-state index in [1.165, 1.54) is 51.4 Å². The summed E-state index contributed by atoms with van der Waals surface area (Å²) in [5.74, 6) is 4.67. The molecule has 0 heterocycles. The molecule has 0 radical (unpaired) electrons. The highest BCUT2D eigenvalue weighted by molar-refractivity contribution is 7.81. The number of fused-ring (bicyclic) bond motifs is 2. The van der Waals surface area contributed by atoms with E-state index in [-0.39, 0.29) is 0 Å². The number of hydrogen-bond donors (Lipinski definition) is 1. The largest absolute Gasteiger partial charge is 0.172 e. The molecule has 2 saturated carbocycles. The Kier molecular flexibility index (Phi) is 5.31. The van der Waals surface area contributed by atoms with Gasteiger partial charge < -0.3 is 0 Å². The van der Waals surface area contributed by atoms with Crippen LogP contribution in [0, 0.1) is 29.6 Å². The van der Waals surface area contributed by atoms with Crippen LogP contribution in [0.25, 0.3) is 0 Å². The number of thiol groups is 1. The topological polar surface area (TPSA) is 0 Å². The molecule has 1 heteroatoms. The van der Waals surface area contributed by atoms with Crippen molar-refractivity contribution in [2.45, 2.75) is 83.8 Å². The number of unbranched alkanes of at least 4 members (excludes halogenated alkanes) is 2. The van der Waals surface area contributed by atoms with Gasteiger partial charge in [-0.05, 0) is 48.9 Å². The molecule has 0 N–H and O–H groups in total. The lowest BCUT2D eigenvalue weighted by molar-refractivity contribution is 0.159. The number of hydrogen-bond acceptors (Lipinski definition) is 1. The van der Waals surface area contributed by atoms with Gasteiger partial charge in [0.2, 0.25) is 0 Å². The molecule has 2 aliphatic carbocycles. The van der Waals surface area contributed by atoms with Gasteiger partial charge in [0.05, 0.1) is 0 Å². The van der Waals surface area contributed by atoms with Crippen LogP contribution in [-0.2, 0) is 0 Å². The van der Waals surface area contributed by atoms with Crippen molar-refractivity contribution in [1.29, 1.82) is 0 Å². The molecule has 0 aromatic heterocycles. The maximum absolute atomic E-state index is 5.13. The highest BCUT2D eigenvalue weighted by atomic mass is 32.1. The molecule has 0 aromatic carbocycles. The van der Waals surface area contributed by atoms with Crippen molar-refractivity contribution in [3.8, 4) is 0 Å². The van der Waals surface area contributed by atoms with Crippen molar-refractivity contribution >= 4 is 12.6 Å². The van der Waals surface area contributed by atoms with Crippen molar-refractivity contribution in [1.82, 2.24) is 0 Å². The first-order chi connectivity index (χ1) is 9.01. The monoisotopic (exact) mass is 282 g/mol. The minimum absolute atomic E-state index is 0.375. The molecule has 0 spiro atoms. The second kappa shape index (κ2) is 6.41. The molecular weight excluding hydrogens is 248 g/mol. The van der Waals surface area contributed by atoms with Gasteiger partial charge >= 0.3 is 0 Å². The van der Waals surface area contributed by atoms with Gasteiger partial charge in [-0.2, -0.15) is 12.6 Å². The van der Waals surface area contributed by atoms with Gasteiger partial charge in [0.25, 0.3) is 0 Å². The molecule has 6 atom stereocenters. The Morgan fingerprint density at radius 2 is 1.89 bits per heavy atom. The predicted molar refractivity (Wildman–Crippen MR) is 88.8 cm³/mol. The molecule has 2 fully saturated rings. The van der Waals surface area contributed by atoms with Crippen molar-refractivity contribution in [2.24, 2.45) is 29.6 Å². The van der Waals surface area contributed by atoms with Gasteiger partial charge in [-0.1, -0.05) is 59.8 Å². The van der Waals surface area contributed by atoms with E-state index in [9.17, 15) is 0 Å². The zero-order valence-electron chi connectivity index (χ0n) is 13.5. The van der Waals surface area contributed by atoms with Crippen LogP contribution < -0.4 is 0 Å². The van der Waals surface area contributed by atoms with Gasteiger partial charge in [-0.3, -0.25) is 0 Å². The summed E-state index contributed by atoms with van der Waals surface area (Å²) < 4.78 is 0.375. The third-order valence-corrected chi connectivity index (χ3v) is 7.22. The molecule has 2 aliphatic rings. The highest BCUT2D eigenvalue weighted by Gasteiger charge is 2.53. The maximum atomic E-state index is 5.13.